The molecule has 0 aliphatic heterocycles. The van der Waals surface area contributed by atoms with Crippen LogP contribution in [0, 0.1) is 0 Å². The molecule has 0 unspecified atom stereocenters. The van der Waals surface area contributed by atoms with Crippen molar-refractivity contribution in [3.8, 4) is 28.3 Å². The van der Waals surface area contributed by atoms with Crippen molar-refractivity contribution in [1.82, 2.24) is 34.7 Å². The predicted octanol–water partition coefficient (Wildman–Crippen LogP) is 3.54. The molecule has 202 valence electrons. The van der Waals surface area contributed by atoms with E-state index >= 15 is 0 Å². The Hall–Kier alpha value is -5.09. The van der Waals surface area contributed by atoms with Gasteiger partial charge in [-0.25, -0.2) is 15.0 Å². The third-order valence-corrected chi connectivity index (χ3v) is 6.57. The van der Waals surface area contributed by atoms with E-state index in [1.54, 1.807) is 18.5 Å². The Balaban J connectivity index is 1.55. The minimum atomic E-state index is -0.174. The molecule has 40 heavy (non-hydrogen) atoms. The van der Waals surface area contributed by atoms with Gasteiger partial charge in [-0.1, -0.05) is 18.2 Å². The lowest BCUT2D eigenvalue weighted by atomic mass is 10.1. The van der Waals surface area contributed by atoms with E-state index in [0.717, 1.165) is 49.3 Å². The zero-order valence-electron chi connectivity index (χ0n) is 22.0. The Kier molecular flexibility index (Phi) is 8.07. The molecule has 10 nitrogen and oxygen atoms in total. The second kappa shape index (κ2) is 12.2. The van der Waals surface area contributed by atoms with Crippen LogP contribution >= 0.6 is 0 Å². The van der Waals surface area contributed by atoms with Crippen molar-refractivity contribution < 1.29 is 4.79 Å². The summed E-state index contributed by atoms with van der Waals surface area (Å²) in [6, 6.07) is 19.0. The molecule has 4 N–H and O–H groups in total. The highest BCUT2D eigenvalue weighted by molar-refractivity contribution is 5.84. The molecular formula is C30H30N8O2. The van der Waals surface area contributed by atoms with Gasteiger partial charge in [0.15, 0.2) is 11.5 Å². The predicted molar refractivity (Wildman–Crippen MR) is 157 cm³/mol. The van der Waals surface area contributed by atoms with Crippen molar-refractivity contribution in [3.63, 3.8) is 0 Å². The number of hydrogen-bond donors (Lipinski definition) is 3. The van der Waals surface area contributed by atoms with Gasteiger partial charge >= 0.3 is 0 Å². The van der Waals surface area contributed by atoms with Crippen LogP contribution in [0.3, 0.4) is 0 Å². The van der Waals surface area contributed by atoms with Crippen LogP contribution in [0.1, 0.15) is 12.0 Å². The van der Waals surface area contributed by atoms with E-state index in [2.05, 4.69) is 38.9 Å². The van der Waals surface area contributed by atoms with E-state index in [-0.39, 0.29) is 5.56 Å². The summed E-state index contributed by atoms with van der Waals surface area (Å²) in [4.78, 5) is 41.3. The summed E-state index contributed by atoms with van der Waals surface area (Å²) in [6.45, 7) is 6.73. The minimum absolute atomic E-state index is 0.174. The van der Waals surface area contributed by atoms with Gasteiger partial charge in [-0.2, -0.15) is 0 Å². The third kappa shape index (κ3) is 5.82. The molecule has 0 atom stereocenters. The number of nitrogens with one attached hydrogen (secondary N) is 2. The standard InChI is InChI=1S/C30H30N8O2/c1-2-3-16-37(17-15-32-20-39)19-21-6-9-23(10-7-21)38-29(24-5-4-14-33-28(24)31)36-26-12-11-25(35-30(26)38)22-8-13-27(40)34-18-22/h2,4-14,18,20H,1,3,15-17,19H2,(H2,31,33)(H,32,39)(H,34,40). The number of fused-ring (bicyclic) bond motifs is 1. The fourth-order valence-electron chi connectivity index (χ4n) is 4.55. The first kappa shape index (κ1) is 26.5. The number of aromatic nitrogens is 5. The van der Waals surface area contributed by atoms with Crippen LogP contribution in [0.15, 0.2) is 90.5 Å². The molecule has 0 bridgehead atoms. The maximum atomic E-state index is 11.6. The molecule has 0 saturated carbocycles. The van der Waals surface area contributed by atoms with Crippen molar-refractivity contribution in [3.05, 3.63) is 102 Å². The SMILES string of the molecule is C=CCCN(CCNC=O)Cc1ccc(-n2c(-c3cccnc3N)nc3ccc(-c4ccc(=O)[nH]c4)nc32)cc1. The van der Waals surface area contributed by atoms with Gasteiger partial charge in [-0.3, -0.25) is 19.1 Å². The molecule has 1 aromatic carbocycles. The maximum absolute atomic E-state index is 11.6. The lowest BCUT2D eigenvalue weighted by Gasteiger charge is -2.22. The Morgan fingerprint density at radius 2 is 1.90 bits per heavy atom. The van der Waals surface area contributed by atoms with Crippen LogP contribution < -0.4 is 16.6 Å². The molecule has 0 fully saturated rings. The van der Waals surface area contributed by atoms with E-state index in [0.29, 0.717) is 40.6 Å². The molecule has 1 amide bonds. The van der Waals surface area contributed by atoms with Crippen LogP contribution in [0.25, 0.3) is 39.5 Å². The molecular weight excluding hydrogens is 504 g/mol. The first-order valence-electron chi connectivity index (χ1n) is 13.0. The van der Waals surface area contributed by atoms with Crippen molar-refractivity contribution in [2.24, 2.45) is 0 Å². The Morgan fingerprint density at radius 1 is 1.05 bits per heavy atom. The second-order valence-electron chi connectivity index (χ2n) is 9.28. The minimum Gasteiger partial charge on any atom is -0.383 e. The van der Waals surface area contributed by atoms with Crippen LogP contribution in [0.5, 0.6) is 0 Å². The summed E-state index contributed by atoms with van der Waals surface area (Å²) in [5.74, 6) is 1.00. The van der Waals surface area contributed by atoms with Gasteiger partial charge in [0.05, 0.1) is 11.3 Å². The van der Waals surface area contributed by atoms with Crippen molar-refractivity contribution >= 4 is 23.4 Å². The maximum Gasteiger partial charge on any atom is 0.247 e. The second-order valence-corrected chi connectivity index (χ2v) is 9.28. The number of amides is 1. The fourth-order valence-corrected chi connectivity index (χ4v) is 4.55. The third-order valence-electron chi connectivity index (χ3n) is 6.57. The zero-order chi connectivity index (χ0) is 27.9. The van der Waals surface area contributed by atoms with Crippen molar-refractivity contribution in [1.29, 1.82) is 0 Å². The molecule has 0 spiro atoms. The lowest BCUT2D eigenvalue weighted by Crippen LogP contribution is -2.32. The highest BCUT2D eigenvalue weighted by atomic mass is 16.1. The molecule has 0 radical (unpaired) electrons. The van der Waals surface area contributed by atoms with Crippen LogP contribution in [0.4, 0.5) is 5.82 Å². The molecule has 0 aliphatic carbocycles. The highest BCUT2D eigenvalue weighted by Gasteiger charge is 2.19. The number of H-pyrrole nitrogens is 1. The molecule has 0 aliphatic rings. The average Bonchev–Trinajstić information content (AvgIpc) is 3.35. The number of hydrogen-bond acceptors (Lipinski definition) is 7. The van der Waals surface area contributed by atoms with Crippen molar-refractivity contribution in [2.45, 2.75) is 13.0 Å². The largest absolute Gasteiger partial charge is 0.383 e. The monoisotopic (exact) mass is 534 g/mol. The van der Waals surface area contributed by atoms with Crippen LogP contribution in [-0.4, -0.2) is 55.4 Å². The molecule has 5 rings (SSSR count). The van der Waals surface area contributed by atoms with E-state index in [4.69, 9.17) is 15.7 Å². The quantitative estimate of drug-likeness (QED) is 0.127. The van der Waals surface area contributed by atoms with Crippen LogP contribution in [0.2, 0.25) is 0 Å². The van der Waals surface area contributed by atoms with Gasteiger partial charge in [0.2, 0.25) is 12.0 Å². The smallest absolute Gasteiger partial charge is 0.247 e. The number of anilines is 1. The number of aromatic amines is 1. The molecule has 0 saturated heterocycles. The number of nitrogens with zero attached hydrogens (tertiary/aromatic N) is 5. The van der Waals surface area contributed by atoms with Gasteiger partial charge in [0.25, 0.3) is 0 Å². The Morgan fingerprint density at radius 3 is 2.62 bits per heavy atom. The van der Waals surface area contributed by atoms with Gasteiger partial charge in [0, 0.05) is 55.9 Å². The summed E-state index contributed by atoms with van der Waals surface area (Å²) < 4.78 is 1.98. The summed E-state index contributed by atoms with van der Waals surface area (Å²) in [6.07, 6.45) is 6.77. The normalized spacial score (nSPS) is 11.1. The number of carbonyl (C=O) groups excluding carboxylic acids is 1. The fraction of sp³-hybridized carbons (Fsp3) is 0.167. The van der Waals surface area contributed by atoms with Gasteiger partial charge in [-0.05, 0) is 54.4 Å². The number of imidazole rings is 1. The first-order valence-corrected chi connectivity index (χ1v) is 13.0. The summed E-state index contributed by atoms with van der Waals surface area (Å²) >= 11 is 0. The number of benzene rings is 1. The Bertz CT molecular complexity index is 1670. The molecule has 4 heterocycles. The van der Waals surface area contributed by atoms with Crippen LogP contribution in [-0.2, 0) is 11.3 Å². The number of nitrogen functional groups attached to an aromatic ring is 1. The molecule has 5 aromatic rings. The summed E-state index contributed by atoms with van der Waals surface area (Å²) in [7, 11) is 0. The van der Waals surface area contributed by atoms with Gasteiger partial charge in [0.1, 0.15) is 11.3 Å². The van der Waals surface area contributed by atoms with Gasteiger partial charge < -0.3 is 16.0 Å². The lowest BCUT2D eigenvalue weighted by molar-refractivity contribution is -0.109. The average molecular weight is 535 g/mol. The molecule has 10 heteroatoms. The topological polar surface area (TPSA) is 135 Å². The van der Waals surface area contributed by atoms with E-state index in [9.17, 15) is 9.59 Å². The summed E-state index contributed by atoms with van der Waals surface area (Å²) in [5, 5.41) is 2.73. The summed E-state index contributed by atoms with van der Waals surface area (Å²) in [5.41, 5.74) is 11.6. The number of pyridine rings is 3. The number of nitrogens with two attached hydrogens (primary N) is 1. The van der Waals surface area contributed by atoms with E-state index in [1.807, 2.05) is 47.0 Å². The number of rotatable bonds is 12. The highest BCUT2D eigenvalue weighted by Crippen LogP contribution is 2.31. The van der Waals surface area contributed by atoms with Crippen molar-refractivity contribution in [2.75, 3.05) is 25.4 Å². The number of carbonyl (C=O) groups is 1. The van der Waals surface area contributed by atoms with E-state index < -0.39 is 0 Å². The zero-order valence-corrected chi connectivity index (χ0v) is 22.0. The first-order chi connectivity index (χ1) is 19.6. The van der Waals surface area contributed by atoms with E-state index in [1.165, 1.54) is 6.07 Å². The Labute approximate surface area is 231 Å². The molecule has 4 aromatic heterocycles. The van der Waals surface area contributed by atoms with Gasteiger partial charge in [-0.15, -0.1) is 6.58 Å².